The molecule has 0 aromatic carbocycles. The number of carboxylic acids is 1. The molecule has 1 rings (SSSR count). The second-order valence-electron chi connectivity index (χ2n) is 3.15. The van der Waals surface area contributed by atoms with Crippen molar-refractivity contribution in [1.82, 2.24) is 4.98 Å². The molecule has 0 saturated heterocycles. The molecule has 1 aromatic heterocycles. The number of nitrogen functional groups attached to an aromatic ring is 1. The summed E-state index contributed by atoms with van der Waals surface area (Å²) in [6.45, 7) is -0.0605. The zero-order chi connectivity index (χ0) is 12.3. The van der Waals surface area contributed by atoms with Gasteiger partial charge in [-0.15, -0.1) is 0 Å². The van der Waals surface area contributed by atoms with Gasteiger partial charge in [0.2, 0.25) is 0 Å². The predicted octanol–water partition coefficient (Wildman–Crippen LogP) is 0.687. The lowest BCUT2D eigenvalue weighted by atomic mass is 10.0. The van der Waals surface area contributed by atoms with Crippen LogP contribution in [0.15, 0.2) is 6.07 Å². The van der Waals surface area contributed by atoms with Crippen molar-refractivity contribution in [3.05, 3.63) is 22.9 Å². The van der Waals surface area contributed by atoms with Crippen LogP contribution < -0.4 is 11.5 Å². The van der Waals surface area contributed by atoms with E-state index in [0.29, 0.717) is 0 Å². The zero-order valence-corrected chi connectivity index (χ0v) is 8.28. The Morgan fingerprint density at radius 1 is 1.56 bits per heavy atom. The van der Waals surface area contributed by atoms with Crippen LogP contribution in [0.2, 0.25) is 0 Å². The van der Waals surface area contributed by atoms with E-state index in [9.17, 15) is 13.6 Å². The van der Waals surface area contributed by atoms with Crippen LogP contribution in [-0.2, 0) is 17.8 Å². The first-order valence-corrected chi connectivity index (χ1v) is 4.43. The first-order valence-electron chi connectivity index (χ1n) is 4.43. The largest absolute Gasteiger partial charge is 0.481 e. The van der Waals surface area contributed by atoms with Gasteiger partial charge in [-0.1, -0.05) is 0 Å². The van der Waals surface area contributed by atoms with Gasteiger partial charge in [-0.25, -0.2) is 13.8 Å². The van der Waals surface area contributed by atoms with Gasteiger partial charge in [-0.2, -0.15) is 0 Å². The van der Waals surface area contributed by atoms with E-state index < -0.39 is 18.1 Å². The van der Waals surface area contributed by atoms with Crippen molar-refractivity contribution in [1.29, 1.82) is 0 Å². The Balaban J connectivity index is 3.22. The summed E-state index contributed by atoms with van der Waals surface area (Å²) in [6.07, 6.45) is -3.14. The summed E-state index contributed by atoms with van der Waals surface area (Å²) < 4.78 is 24.8. The molecule has 0 aliphatic rings. The second kappa shape index (κ2) is 4.84. The van der Waals surface area contributed by atoms with E-state index in [2.05, 4.69) is 4.98 Å². The van der Waals surface area contributed by atoms with E-state index in [1.807, 2.05) is 0 Å². The average Bonchev–Trinajstić information content (AvgIpc) is 2.19. The van der Waals surface area contributed by atoms with Gasteiger partial charge in [-0.3, -0.25) is 4.79 Å². The molecule has 0 atom stereocenters. The van der Waals surface area contributed by atoms with Gasteiger partial charge in [0, 0.05) is 12.1 Å². The minimum Gasteiger partial charge on any atom is -0.481 e. The standard InChI is InChI=1S/C9H11F2N3O2/c10-8(11)6-1-4(3-12)5(2-7(15)16)9(13)14-6/h1,8H,2-3,12H2,(H2,13,14)(H,15,16). The van der Waals surface area contributed by atoms with Crippen molar-refractivity contribution < 1.29 is 18.7 Å². The van der Waals surface area contributed by atoms with E-state index in [1.165, 1.54) is 0 Å². The summed E-state index contributed by atoms with van der Waals surface area (Å²) in [5.74, 6) is -1.33. The molecule has 0 bridgehead atoms. The summed E-state index contributed by atoms with van der Waals surface area (Å²) >= 11 is 0. The Kier molecular flexibility index (Phi) is 3.73. The van der Waals surface area contributed by atoms with E-state index in [0.717, 1.165) is 6.07 Å². The zero-order valence-electron chi connectivity index (χ0n) is 8.28. The summed E-state index contributed by atoms with van der Waals surface area (Å²) in [6, 6.07) is 1.08. The maximum absolute atomic E-state index is 12.4. The summed E-state index contributed by atoms with van der Waals surface area (Å²) in [4.78, 5) is 14.0. The minimum absolute atomic E-state index is 0.0605. The second-order valence-corrected chi connectivity index (χ2v) is 3.15. The number of pyridine rings is 1. The fourth-order valence-corrected chi connectivity index (χ4v) is 1.32. The molecule has 1 heterocycles. The third kappa shape index (κ3) is 2.63. The molecule has 0 spiro atoms. The quantitative estimate of drug-likeness (QED) is 0.707. The van der Waals surface area contributed by atoms with Crippen LogP contribution in [0.4, 0.5) is 14.6 Å². The van der Waals surface area contributed by atoms with Crippen molar-refractivity contribution in [3.8, 4) is 0 Å². The lowest BCUT2D eigenvalue weighted by Gasteiger charge is -2.10. The molecule has 0 radical (unpaired) electrons. The molecule has 16 heavy (non-hydrogen) atoms. The number of nitrogens with two attached hydrogens (primary N) is 2. The van der Waals surface area contributed by atoms with Gasteiger partial charge in [0.15, 0.2) is 0 Å². The molecule has 0 amide bonds. The van der Waals surface area contributed by atoms with Crippen molar-refractivity contribution in [2.75, 3.05) is 5.73 Å². The van der Waals surface area contributed by atoms with Crippen molar-refractivity contribution in [3.63, 3.8) is 0 Å². The van der Waals surface area contributed by atoms with Gasteiger partial charge >= 0.3 is 5.97 Å². The number of aliphatic carboxylic acids is 1. The molecule has 88 valence electrons. The third-order valence-electron chi connectivity index (χ3n) is 2.04. The van der Waals surface area contributed by atoms with Gasteiger partial charge in [-0.05, 0) is 11.6 Å². The van der Waals surface area contributed by atoms with E-state index in [1.54, 1.807) is 0 Å². The highest BCUT2D eigenvalue weighted by Gasteiger charge is 2.16. The number of aromatic nitrogens is 1. The molecule has 0 aliphatic carbocycles. The maximum Gasteiger partial charge on any atom is 0.307 e. The van der Waals surface area contributed by atoms with Crippen LogP contribution in [0.5, 0.6) is 0 Å². The Labute approximate surface area is 90.1 Å². The van der Waals surface area contributed by atoms with E-state index in [-0.39, 0.29) is 29.9 Å². The Bertz CT molecular complexity index is 410. The average molecular weight is 231 g/mol. The molecular weight excluding hydrogens is 220 g/mol. The number of carboxylic acid groups (broad SMARTS) is 1. The van der Waals surface area contributed by atoms with Crippen LogP contribution in [-0.4, -0.2) is 16.1 Å². The lowest BCUT2D eigenvalue weighted by Crippen LogP contribution is -2.13. The number of alkyl halides is 2. The molecular formula is C9H11F2N3O2. The van der Waals surface area contributed by atoms with Crippen molar-refractivity contribution in [2.24, 2.45) is 5.73 Å². The predicted molar refractivity (Wildman–Crippen MR) is 52.8 cm³/mol. The van der Waals surface area contributed by atoms with Gasteiger partial charge in [0.25, 0.3) is 6.43 Å². The first-order chi connectivity index (χ1) is 7.45. The van der Waals surface area contributed by atoms with Crippen LogP contribution >= 0.6 is 0 Å². The Morgan fingerprint density at radius 3 is 2.62 bits per heavy atom. The van der Waals surface area contributed by atoms with Crippen molar-refractivity contribution >= 4 is 11.8 Å². The number of hydrogen-bond acceptors (Lipinski definition) is 4. The SMILES string of the molecule is NCc1cc(C(F)F)nc(N)c1CC(=O)O. The highest BCUT2D eigenvalue weighted by molar-refractivity contribution is 5.73. The summed E-state index contributed by atoms with van der Waals surface area (Å²) in [5, 5.41) is 8.62. The topological polar surface area (TPSA) is 102 Å². The molecule has 0 saturated carbocycles. The number of halogens is 2. The van der Waals surface area contributed by atoms with Crippen LogP contribution in [0.3, 0.4) is 0 Å². The van der Waals surface area contributed by atoms with E-state index in [4.69, 9.17) is 16.6 Å². The Hall–Kier alpha value is -1.76. The van der Waals surface area contributed by atoms with Crippen molar-refractivity contribution in [2.45, 2.75) is 19.4 Å². The minimum atomic E-state index is -2.76. The normalized spacial score (nSPS) is 10.8. The molecule has 5 nitrogen and oxygen atoms in total. The number of nitrogens with zero attached hydrogens (tertiary/aromatic N) is 1. The van der Waals surface area contributed by atoms with Crippen LogP contribution in [0, 0.1) is 0 Å². The molecule has 0 aliphatic heterocycles. The van der Waals surface area contributed by atoms with Gasteiger partial charge in [0.05, 0.1) is 6.42 Å². The summed E-state index contributed by atoms with van der Waals surface area (Å²) in [7, 11) is 0. The van der Waals surface area contributed by atoms with Gasteiger partial charge in [0.1, 0.15) is 11.5 Å². The molecule has 7 heteroatoms. The third-order valence-corrected chi connectivity index (χ3v) is 2.04. The summed E-state index contributed by atoms with van der Waals surface area (Å²) in [5.41, 5.74) is 10.7. The molecule has 0 unspecified atom stereocenters. The Morgan fingerprint density at radius 2 is 2.19 bits per heavy atom. The lowest BCUT2D eigenvalue weighted by molar-refractivity contribution is -0.136. The van der Waals surface area contributed by atoms with Crippen LogP contribution in [0.1, 0.15) is 23.2 Å². The smallest absolute Gasteiger partial charge is 0.307 e. The monoisotopic (exact) mass is 231 g/mol. The molecule has 1 aromatic rings. The molecule has 0 fully saturated rings. The number of carbonyl (C=O) groups is 1. The maximum atomic E-state index is 12.4. The number of rotatable bonds is 4. The van der Waals surface area contributed by atoms with Crippen LogP contribution in [0.25, 0.3) is 0 Å². The van der Waals surface area contributed by atoms with E-state index >= 15 is 0 Å². The highest BCUT2D eigenvalue weighted by atomic mass is 19.3. The number of anilines is 1. The fourth-order valence-electron chi connectivity index (χ4n) is 1.32. The highest BCUT2D eigenvalue weighted by Crippen LogP contribution is 2.23. The first kappa shape index (κ1) is 12.3. The fraction of sp³-hybridized carbons (Fsp3) is 0.333. The molecule has 5 N–H and O–H groups in total. The van der Waals surface area contributed by atoms with Gasteiger partial charge < -0.3 is 16.6 Å². The number of hydrogen-bond donors (Lipinski definition) is 3.